The number of nitrogens with one attached hydrogen (secondary N) is 1. The maximum Gasteiger partial charge on any atom is 0.387 e. The molecule has 2 aromatic rings. The minimum Gasteiger partial charge on any atom is -0.434 e. The van der Waals surface area contributed by atoms with Crippen LogP contribution < -0.4 is 10.1 Å². The van der Waals surface area contributed by atoms with E-state index in [9.17, 15) is 8.78 Å². The summed E-state index contributed by atoms with van der Waals surface area (Å²) >= 11 is 0. The molecular weight excluding hydrogens is 300 g/mol. The molecule has 1 heterocycles. The lowest BCUT2D eigenvalue weighted by Gasteiger charge is -2.15. The number of hydrogen-bond donors (Lipinski definition) is 1. The van der Waals surface area contributed by atoms with Gasteiger partial charge in [0.05, 0.1) is 0 Å². The molecule has 0 aliphatic heterocycles. The summed E-state index contributed by atoms with van der Waals surface area (Å²) in [6.07, 6.45) is 3.72. The summed E-state index contributed by atoms with van der Waals surface area (Å²) in [4.78, 5) is 0. The Morgan fingerprint density at radius 2 is 1.96 bits per heavy atom. The van der Waals surface area contributed by atoms with Crippen molar-refractivity contribution < 1.29 is 13.5 Å². The van der Waals surface area contributed by atoms with Gasteiger partial charge in [-0.2, -0.15) is 13.9 Å². The van der Waals surface area contributed by atoms with E-state index in [0.29, 0.717) is 12.5 Å². The standard InChI is InChI=1S/C17H23F2N3O/c1-12(11-22-6-4-5-21-22)9-20-10-15-7-13(2)16(14(3)8-15)23-17(18)19/h4-8,12,17,20H,9-11H2,1-3H3. The van der Waals surface area contributed by atoms with Crippen LogP contribution in [0.25, 0.3) is 0 Å². The number of alkyl halides is 2. The van der Waals surface area contributed by atoms with E-state index in [2.05, 4.69) is 22.1 Å². The van der Waals surface area contributed by atoms with Crippen LogP contribution in [-0.4, -0.2) is 22.9 Å². The molecular formula is C17H23F2N3O. The van der Waals surface area contributed by atoms with Gasteiger partial charge in [-0.1, -0.05) is 19.1 Å². The van der Waals surface area contributed by atoms with Gasteiger partial charge >= 0.3 is 6.61 Å². The van der Waals surface area contributed by atoms with Crippen LogP contribution in [0.15, 0.2) is 30.6 Å². The summed E-state index contributed by atoms with van der Waals surface area (Å²) in [6, 6.07) is 5.68. The second-order valence-corrected chi connectivity index (χ2v) is 5.90. The van der Waals surface area contributed by atoms with E-state index in [4.69, 9.17) is 0 Å². The summed E-state index contributed by atoms with van der Waals surface area (Å²) in [6.45, 7) is 5.35. The van der Waals surface area contributed by atoms with Gasteiger partial charge in [-0.15, -0.1) is 0 Å². The zero-order valence-electron chi connectivity index (χ0n) is 13.7. The fraction of sp³-hybridized carbons (Fsp3) is 0.471. The SMILES string of the molecule is Cc1cc(CNCC(C)Cn2cccn2)cc(C)c1OC(F)F. The van der Waals surface area contributed by atoms with Crippen molar-refractivity contribution in [1.82, 2.24) is 15.1 Å². The molecule has 1 unspecified atom stereocenters. The maximum absolute atomic E-state index is 12.4. The largest absolute Gasteiger partial charge is 0.434 e. The third-order valence-corrected chi connectivity index (χ3v) is 3.61. The molecule has 0 saturated heterocycles. The Hall–Kier alpha value is -1.95. The van der Waals surface area contributed by atoms with E-state index in [1.807, 2.05) is 29.1 Å². The highest BCUT2D eigenvalue weighted by Gasteiger charge is 2.11. The van der Waals surface area contributed by atoms with Crippen LogP contribution in [0.1, 0.15) is 23.6 Å². The summed E-state index contributed by atoms with van der Waals surface area (Å²) < 4.78 is 31.3. The Kier molecular flexibility index (Phi) is 6.10. The highest BCUT2D eigenvalue weighted by molar-refractivity contribution is 5.43. The molecule has 6 heteroatoms. The van der Waals surface area contributed by atoms with Crippen molar-refractivity contribution >= 4 is 0 Å². The lowest BCUT2D eigenvalue weighted by atomic mass is 10.1. The van der Waals surface area contributed by atoms with Crippen LogP contribution in [0.2, 0.25) is 0 Å². The quantitative estimate of drug-likeness (QED) is 0.808. The number of rotatable bonds is 8. The first-order chi connectivity index (χ1) is 11.0. The zero-order valence-corrected chi connectivity index (χ0v) is 13.7. The van der Waals surface area contributed by atoms with Crippen molar-refractivity contribution in [3.8, 4) is 5.75 Å². The molecule has 0 aliphatic carbocycles. The van der Waals surface area contributed by atoms with Gasteiger partial charge in [0.15, 0.2) is 0 Å². The van der Waals surface area contributed by atoms with Gasteiger partial charge in [0, 0.05) is 25.5 Å². The smallest absolute Gasteiger partial charge is 0.387 e. The van der Waals surface area contributed by atoms with E-state index < -0.39 is 6.61 Å². The van der Waals surface area contributed by atoms with Gasteiger partial charge in [-0.25, -0.2) is 0 Å². The van der Waals surface area contributed by atoms with Crippen molar-refractivity contribution in [3.63, 3.8) is 0 Å². The Balaban J connectivity index is 1.86. The minimum absolute atomic E-state index is 0.274. The van der Waals surface area contributed by atoms with Crippen molar-refractivity contribution in [2.24, 2.45) is 5.92 Å². The molecule has 0 spiro atoms. The van der Waals surface area contributed by atoms with Crippen LogP contribution in [-0.2, 0) is 13.1 Å². The molecule has 0 fully saturated rings. The van der Waals surface area contributed by atoms with E-state index in [1.54, 1.807) is 20.0 Å². The molecule has 2 rings (SSSR count). The number of halogens is 2. The number of benzene rings is 1. The van der Waals surface area contributed by atoms with Crippen LogP contribution >= 0.6 is 0 Å². The first-order valence-corrected chi connectivity index (χ1v) is 7.68. The highest BCUT2D eigenvalue weighted by Crippen LogP contribution is 2.26. The topological polar surface area (TPSA) is 39.1 Å². The van der Waals surface area contributed by atoms with Gasteiger partial charge in [0.1, 0.15) is 5.75 Å². The summed E-state index contributed by atoms with van der Waals surface area (Å²) in [5, 5.41) is 7.59. The highest BCUT2D eigenvalue weighted by atomic mass is 19.3. The summed E-state index contributed by atoms with van der Waals surface area (Å²) in [5.74, 6) is 0.717. The molecule has 4 nitrogen and oxygen atoms in total. The lowest BCUT2D eigenvalue weighted by Crippen LogP contribution is -2.24. The number of hydrogen-bond acceptors (Lipinski definition) is 3. The molecule has 0 radical (unpaired) electrons. The van der Waals surface area contributed by atoms with Gasteiger partial charge < -0.3 is 10.1 Å². The van der Waals surface area contributed by atoms with Gasteiger partial charge in [0.25, 0.3) is 0 Å². The fourth-order valence-corrected chi connectivity index (χ4v) is 2.67. The second kappa shape index (κ2) is 8.06. The summed E-state index contributed by atoms with van der Waals surface area (Å²) in [5.41, 5.74) is 2.52. The predicted octanol–water partition coefficient (Wildman–Crippen LogP) is 3.53. The Morgan fingerprint density at radius 1 is 1.26 bits per heavy atom. The van der Waals surface area contributed by atoms with Crippen LogP contribution in [0.4, 0.5) is 8.78 Å². The Morgan fingerprint density at radius 3 is 2.52 bits per heavy atom. The van der Waals surface area contributed by atoms with Gasteiger partial charge in [-0.3, -0.25) is 4.68 Å². The van der Waals surface area contributed by atoms with Gasteiger partial charge in [-0.05, 0) is 49.1 Å². The maximum atomic E-state index is 12.4. The van der Waals surface area contributed by atoms with E-state index in [0.717, 1.165) is 29.8 Å². The zero-order chi connectivity index (χ0) is 16.8. The van der Waals surface area contributed by atoms with Crippen LogP contribution in [0.5, 0.6) is 5.75 Å². The summed E-state index contributed by atoms with van der Waals surface area (Å²) in [7, 11) is 0. The van der Waals surface area contributed by atoms with Gasteiger partial charge in [0.2, 0.25) is 0 Å². The predicted molar refractivity (Wildman–Crippen MR) is 85.6 cm³/mol. The van der Waals surface area contributed by atoms with Crippen molar-refractivity contribution in [1.29, 1.82) is 0 Å². The molecule has 1 aromatic carbocycles. The lowest BCUT2D eigenvalue weighted by molar-refractivity contribution is -0.0507. The third-order valence-electron chi connectivity index (χ3n) is 3.61. The van der Waals surface area contributed by atoms with E-state index >= 15 is 0 Å². The first kappa shape index (κ1) is 17.4. The number of ether oxygens (including phenoxy) is 1. The fourth-order valence-electron chi connectivity index (χ4n) is 2.67. The van der Waals surface area contributed by atoms with Crippen molar-refractivity contribution in [2.75, 3.05) is 6.54 Å². The average molecular weight is 323 g/mol. The molecule has 0 aliphatic rings. The van der Waals surface area contributed by atoms with Crippen LogP contribution in [0.3, 0.4) is 0 Å². The van der Waals surface area contributed by atoms with Crippen molar-refractivity contribution in [3.05, 3.63) is 47.3 Å². The molecule has 1 aromatic heterocycles. The third kappa shape index (κ3) is 5.32. The Labute approximate surface area is 135 Å². The van der Waals surface area contributed by atoms with E-state index in [1.165, 1.54) is 0 Å². The monoisotopic (exact) mass is 323 g/mol. The van der Waals surface area contributed by atoms with E-state index in [-0.39, 0.29) is 5.75 Å². The molecule has 1 atom stereocenters. The average Bonchev–Trinajstić information content (AvgIpc) is 2.95. The van der Waals surface area contributed by atoms with Crippen molar-refractivity contribution in [2.45, 2.75) is 40.5 Å². The number of aryl methyl sites for hydroxylation is 2. The van der Waals surface area contributed by atoms with Crippen LogP contribution in [0, 0.1) is 19.8 Å². The molecule has 126 valence electrons. The molecule has 0 amide bonds. The molecule has 1 N–H and O–H groups in total. The first-order valence-electron chi connectivity index (χ1n) is 7.68. The second-order valence-electron chi connectivity index (χ2n) is 5.90. The number of nitrogens with zero attached hydrogens (tertiary/aromatic N) is 2. The Bertz CT molecular complexity index is 591. The minimum atomic E-state index is -2.79. The molecule has 0 saturated carbocycles. The number of aromatic nitrogens is 2. The normalized spacial score (nSPS) is 12.6. The molecule has 23 heavy (non-hydrogen) atoms. The molecule has 0 bridgehead atoms.